The summed E-state index contributed by atoms with van der Waals surface area (Å²) in [4.78, 5) is 10.7. The average Bonchev–Trinajstić information content (AvgIpc) is 2.41. The van der Waals surface area contributed by atoms with Gasteiger partial charge in [-0.1, -0.05) is 25.5 Å². The van der Waals surface area contributed by atoms with Gasteiger partial charge in [-0.25, -0.2) is 4.79 Å². The van der Waals surface area contributed by atoms with Crippen molar-refractivity contribution >= 4 is 5.97 Å². The Kier molecular flexibility index (Phi) is 5.68. The van der Waals surface area contributed by atoms with E-state index in [1.807, 2.05) is 0 Å². The van der Waals surface area contributed by atoms with Crippen LogP contribution in [0.1, 0.15) is 35.7 Å². The number of unbranched alkanes of at least 4 members (excludes halogenated alkanes) is 1. The van der Waals surface area contributed by atoms with E-state index >= 15 is 0 Å². The van der Waals surface area contributed by atoms with Gasteiger partial charge in [0.2, 0.25) is 0 Å². The zero-order chi connectivity index (χ0) is 17.9. The van der Waals surface area contributed by atoms with Crippen LogP contribution in [0.3, 0.4) is 0 Å². The van der Waals surface area contributed by atoms with Crippen molar-refractivity contribution in [2.45, 2.75) is 37.7 Å². The molecule has 0 spiro atoms. The smallest absolute Gasteiger partial charge is 0.430 e. The molecule has 9 heteroatoms. The van der Waals surface area contributed by atoms with Crippen LogP contribution in [0.2, 0.25) is 0 Å². The highest BCUT2D eigenvalue weighted by atomic mass is 19.4. The highest BCUT2D eigenvalue weighted by molar-refractivity contribution is 5.87. The lowest BCUT2D eigenvalue weighted by molar-refractivity contribution is -0.389. The van der Waals surface area contributed by atoms with E-state index in [2.05, 4.69) is 4.74 Å². The van der Waals surface area contributed by atoms with E-state index in [9.17, 15) is 31.1 Å². The van der Waals surface area contributed by atoms with Crippen molar-refractivity contribution in [3.63, 3.8) is 0 Å². The predicted octanol–water partition coefficient (Wildman–Crippen LogP) is 4.52. The average molecular weight is 344 g/mol. The summed E-state index contributed by atoms with van der Waals surface area (Å²) in [5, 5.41) is 8.70. The Morgan fingerprint density at radius 2 is 1.52 bits per heavy atom. The normalized spacial score (nSPS) is 13.2. The minimum absolute atomic E-state index is 0.0150. The number of carboxylic acid groups (broad SMARTS) is 1. The van der Waals surface area contributed by atoms with Gasteiger partial charge in [-0.3, -0.25) is 0 Å². The van der Waals surface area contributed by atoms with Crippen LogP contribution in [0.5, 0.6) is 0 Å². The Hall–Kier alpha value is -1.77. The maximum Gasteiger partial charge on any atom is 0.430 e. The zero-order valence-corrected chi connectivity index (χ0v) is 12.0. The second-order valence-corrected chi connectivity index (χ2v) is 4.76. The first kappa shape index (κ1) is 19.3. The van der Waals surface area contributed by atoms with Crippen LogP contribution in [0.15, 0.2) is 24.3 Å². The van der Waals surface area contributed by atoms with Crippen LogP contribution < -0.4 is 0 Å². The SMILES string of the molecule is CCCCOC(c1ccc(C(=O)O)cc1)(C(F)(F)F)C(F)(F)F. The molecule has 0 amide bonds. The van der Waals surface area contributed by atoms with Crippen molar-refractivity contribution in [1.29, 1.82) is 0 Å². The number of benzene rings is 1. The summed E-state index contributed by atoms with van der Waals surface area (Å²) in [7, 11) is 0. The van der Waals surface area contributed by atoms with Crippen LogP contribution in [0.4, 0.5) is 26.3 Å². The van der Waals surface area contributed by atoms with E-state index in [-0.39, 0.29) is 6.42 Å². The number of hydrogen-bond acceptors (Lipinski definition) is 2. The number of hydrogen-bond donors (Lipinski definition) is 1. The Labute approximate surface area is 127 Å². The van der Waals surface area contributed by atoms with Gasteiger partial charge in [-0.15, -0.1) is 0 Å². The number of ether oxygens (including phenoxy) is 1. The number of alkyl halides is 6. The van der Waals surface area contributed by atoms with Gasteiger partial charge in [0, 0.05) is 12.2 Å². The zero-order valence-electron chi connectivity index (χ0n) is 12.0. The molecule has 0 atom stereocenters. The Morgan fingerprint density at radius 3 is 1.87 bits per heavy atom. The first-order chi connectivity index (χ1) is 10.5. The maximum atomic E-state index is 13.3. The van der Waals surface area contributed by atoms with Crippen molar-refractivity contribution in [2.24, 2.45) is 0 Å². The van der Waals surface area contributed by atoms with Crippen LogP contribution >= 0.6 is 0 Å². The first-order valence-corrected chi connectivity index (χ1v) is 6.58. The third kappa shape index (κ3) is 3.77. The molecular formula is C14H14F6O3. The van der Waals surface area contributed by atoms with Gasteiger partial charge in [0.1, 0.15) is 0 Å². The van der Waals surface area contributed by atoms with Crippen LogP contribution in [-0.4, -0.2) is 30.0 Å². The minimum Gasteiger partial charge on any atom is -0.478 e. The van der Waals surface area contributed by atoms with E-state index in [0.717, 1.165) is 0 Å². The molecule has 0 aliphatic heterocycles. The fourth-order valence-electron chi connectivity index (χ4n) is 1.95. The molecule has 1 N–H and O–H groups in total. The van der Waals surface area contributed by atoms with Gasteiger partial charge in [-0.2, -0.15) is 26.3 Å². The lowest BCUT2D eigenvalue weighted by atomic mass is 9.91. The third-order valence-corrected chi connectivity index (χ3v) is 3.15. The molecule has 0 fully saturated rings. The summed E-state index contributed by atoms with van der Waals surface area (Å²) in [6, 6.07) is 2.28. The van der Waals surface area contributed by atoms with E-state index < -0.39 is 41.7 Å². The molecule has 0 aromatic heterocycles. The molecule has 1 rings (SSSR count). The topological polar surface area (TPSA) is 46.5 Å². The molecule has 1 aromatic carbocycles. The summed E-state index contributed by atoms with van der Waals surface area (Å²) in [5.74, 6) is -1.46. The molecule has 0 saturated heterocycles. The second-order valence-electron chi connectivity index (χ2n) is 4.76. The highest BCUT2D eigenvalue weighted by Crippen LogP contribution is 2.53. The summed E-state index contributed by atoms with van der Waals surface area (Å²) in [6.07, 6.45) is -11.2. The van der Waals surface area contributed by atoms with Gasteiger partial charge in [0.15, 0.2) is 0 Å². The third-order valence-electron chi connectivity index (χ3n) is 3.15. The Bertz CT molecular complexity index is 519. The highest BCUT2D eigenvalue weighted by Gasteiger charge is 2.73. The van der Waals surface area contributed by atoms with Crippen molar-refractivity contribution in [2.75, 3.05) is 6.61 Å². The molecule has 0 heterocycles. The van der Waals surface area contributed by atoms with Crippen LogP contribution in [-0.2, 0) is 10.3 Å². The Balaban J connectivity index is 3.44. The summed E-state index contributed by atoms with van der Waals surface area (Å²) in [6.45, 7) is 0.851. The Morgan fingerprint density at radius 1 is 1.04 bits per heavy atom. The van der Waals surface area contributed by atoms with E-state index in [4.69, 9.17) is 5.11 Å². The number of aromatic carboxylic acids is 1. The molecule has 23 heavy (non-hydrogen) atoms. The number of halogens is 6. The van der Waals surface area contributed by atoms with Gasteiger partial charge in [-0.05, 0) is 18.6 Å². The number of rotatable bonds is 6. The molecule has 1 aromatic rings. The van der Waals surface area contributed by atoms with Gasteiger partial charge >= 0.3 is 18.3 Å². The van der Waals surface area contributed by atoms with Crippen LogP contribution in [0.25, 0.3) is 0 Å². The summed E-state index contributed by atoms with van der Waals surface area (Å²) in [5.41, 5.74) is -6.13. The summed E-state index contributed by atoms with van der Waals surface area (Å²) >= 11 is 0. The molecular weight excluding hydrogens is 330 g/mol. The van der Waals surface area contributed by atoms with E-state index in [0.29, 0.717) is 30.7 Å². The van der Waals surface area contributed by atoms with E-state index in [1.165, 1.54) is 0 Å². The lowest BCUT2D eigenvalue weighted by Gasteiger charge is -2.37. The van der Waals surface area contributed by atoms with Crippen LogP contribution in [0, 0.1) is 0 Å². The first-order valence-electron chi connectivity index (χ1n) is 6.58. The second kappa shape index (κ2) is 6.77. The molecule has 130 valence electrons. The maximum absolute atomic E-state index is 13.3. The minimum atomic E-state index is -5.76. The summed E-state index contributed by atoms with van der Waals surface area (Å²) < 4.78 is 84.0. The molecule has 0 aliphatic carbocycles. The molecule has 0 unspecified atom stereocenters. The van der Waals surface area contributed by atoms with E-state index in [1.54, 1.807) is 6.92 Å². The molecule has 0 saturated carbocycles. The number of carbonyl (C=O) groups is 1. The fourth-order valence-corrected chi connectivity index (χ4v) is 1.95. The molecule has 0 bridgehead atoms. The largest absolute Gasteiger partial charge is 0.478 e. The van der Waals surface area contributed by atoms with Crippen molar-refractivity contribution < 1.29 is 41.0 Å². The van der Waals surface area contributed by atoms with Gasteiger partial charge < -0.3 is 9.84 Å². The fraction of sp³-hybridized carbons (Fsp3) is 0.500. The quantitative estimate of drug-likeness (QED) is 0.610. The molecule has 0 radical (unpaired) electrons. The monoisotopic (exact) mass is 344 g/mol. The molecule has 0 aliphatic rings. The lowest BCUT2D eigenvalue weighted by Crippen LogP contribution is -2.56. The van der Waals surface area contributed by atoms with Gasteiger partial charge in [0.05, 0.1) is 5.56 Å². The standard InChI is InChI=1S/C14H14F6O3/c1-2-3-8-23-12(13(15,16)17,14(18,19)20)10-6-4-9(5-7-10)11(21)22/h4-7H,2-3,8H2,1H3,(H,21,22). The van der Waals surface area contributed by atoms with Gasteiger partial charge in [0.25, 0.3) is 5.60 Å². The van der Waals surface area contributed by atoms with Crippen molar-refractivity contribution in [1.82, 2.24) is 0 Å². The van der Waals surface area contributed by atoms with Crippen molar-refractivity contribution in [3.05, 3.63) is 35.4 Å². The van der Waals surface area contributed by atoms with Crippen molar-refractivity contribution in [3.8, 4) is 0 Å². The predicted molar refractivity (Wildman–Crippen MR) is 68.0 cm³/mol. The number of carboxylic acids is 1. The molecule has 3 nitrogen and oxygen atoms in total.